The van der Waals surface area contributed by atoms with Crippen LogP contribution in [0.4, 0.5) is 0 Å². The van der Waals surface area contributed by atoms with Gasteiger partial charge in [0.05, 0.1) is 18.8 Å². The highest BCUT2D eigenvalue weighted by Crippen LogP contribution is 2.24. The Hall–Kier alpha value is -2.34. The normalized spacial score (nSPS) is 12.4. The highest BCUT2D eigenvalue weighted by molar-refractivity contribution is 5.96. The van der Waals surface area contributed by atoms with Gasteiger partial charge in [0.1, 0.15) is 11.3 Å². The molecule has 0 fully saturated rings. The third-order valence-corrected chi connectivity index (χ3v) is 4.85. The molecule has 0 saturated carbocycles. The fourth-order valence-electron chi connectivity index (χ4n) is 3.28. The van der Waals surface area contributed by atoms with Crippen LogP contribution < -0.4 is 10.1 Å². The molecule has 1 amide bonds. The van der Waals surface area contributed by atoms with E-state index in [1.807, 2.05) is 26.0 Å². The lowest BCUT2D eigenvalue weighted by Gasteiger charge is -2.30. The molecule has 27 heavy (non-hydrogen) atoms. The summed E-state index contributed by atoms with van der Waals surface area (Å²) in [6.45, 7) is 12.3. The van der Waals surface area contributed by atoms with Crippen LogP contribution in [0.3, 0.4) is 0 Å². The number of hydrogen-bond acceptors (Lipinski definition) is 5. The van der Waals surface area contributed by atoms with Crippen molar-refractivity contribution >= 4 is 5.91 Å². The van der Waals surface area contributed by atoms with E-state index in [-0.39, 0.29) is 17.9 Å². The number of methoxy groups -OCH3 is 1. The molecule has 1 aromatic carbocycles. The predicted octanol–water partition coefficient (Wildman–Crippen LogP) is 3.93. The predicted molar refractivity (Wildman–Crippen MR) is 106 cm³/mol. The van der Waals surface area contributed by atoms with E-state index in [0.29, 0.717) is 23.6 Å². The van der Waals surface area contributed by atoms with E-state index < -0.39 is 0 Å². The molecule has 6 heteroatoms. The van der Waals surface area contributed by atoms with E-state index in [9.17, 15) is 4.79 Å². The summed E-state index contributed by atoms with van der Waals surface area (Å²) in [7, 11) is 1.66. The number of benzene rings is 1. The highest BCUT2D eigenvalue weighted by Gasteiger charge is 2.24. The number of rotatable bonds is 9. The summed E-state index contributed by atoms with van der Waals surface area (Å²) in [6, 6.07) is 8.09. The summed E-state index contributed by atoms with van der Waals surface area (Å²) < 4.78 is 10.6. The maximum atomic E-state index is 12.8. The molecular formula is C21H31N3O3. The largest absolute Gasteiger partial charge is 0.497 e. The summed E-state index contributed by atoms with van der Waals surface area (Å²) in [5.74, 6) is 1.42. The van der Waals surface area contributed by atoms with Crippen LogP contribution in [0.15, 0.2) is 28.8 Å². The molecule has 0 aliphatic carbocycles. The van der Waals surface area contributed by atoms with Gasteiger partial charge in [-0.15, -0.1) is 0 Å². The van der Waals surface area contributed by atoms with Gasteiger partial charge in [-0.2, -0.15) is 0 Å². The number of aryl methyl sites for hydroxylation is 1. The average molecular weight is 373 g/mol. The van der Waals surface area contributed by atoms with Gasteiger partial charge in [0.2, 0.25) is 0 Å². The van der Waals surface area contributed by atoms with Crippen molar-refractivity contribution in [1.82, 2.24) is 15.4 Å². The highest BCUT2D eigenvalue weighted by atomic mass is 16.5. The van der Waals surface area contributed by atoms with Crippen molar-refractivity contribution in [3.05, 3.63) is 46.8 Å². The second kappa shape index (κ2) is 9.55. The molecule has 1 N–H and O–H groups in total. The Morgan fingerprint density at radius 1 is 1.22 bits per heavy atom. The standard InChI is InChI=1S/C21H31N3O3/c1-7-24(8-2)18(16-9-11-17(26-6)12-10-16)13-22-21(25)19-15(5)23-27-20(19)14(3)4/h9-12,14,18H,7-8,13H2,1-6H3,(H,22,25). The maximum absolute atomic E-state index is 12.8. The number of aromatic nitrogens is 1. The van der Waals surface area contributed by atoms with Crippen LogP contribution in [0, 0.1) is 6.92 Å². The van der Waals surface area contributed by atoms with Crippen LogP contribution in [0.2, 0.25) is 0 Å². The molecule has 1 heterocycles. The lowest BCUT2D eigenvalue weighted by molar-refractivity contribution is 0.0932. The topological polar surface area (TPSA) is 67.6 Å². The van der Waals surface area contributed by atoms with E-state index >= 15 is 0 Å². The fourth-order valence-corrected chi connectivity index (χ4v) is 3.28. The van der Waals surface area contributed by atoms with Crippen molar-refractivity contribution in [2.45, 2.75) is 46.6 Å². The van der Waals surface area contributed by atoms with Gasteiger partial charge in [0, 0.05) is 12.5 Å². The number of carbonyl (C=O) groups excluding carboxylic acids is 1. The Morgan fingerprint density at radius 2 is 1.85 bits per heavy atom. The lowest BCUT2D eigenvalue weighted by atomic mass is 10.0. The minimum atomic E-state index is -0.136. The lowest BCUT2D eigenvalue weighted by Crippen LogP contribution is -2.38. The Balaban J connectivity index is 2.20. The zero-order valence-corrected chi connectivity index (χ0v) is 17.2. The minimum absolute atomic E-state index is 0.0810. The van der Waals surface area contributed by atoms with Crippen molar-refractivity contribution in [2.75, 3.05) is 26.7 Å². The number of hydrogen-bond donors (Lipinski definition) is 1. The third-order valence-electron chi connectivity index (χ3n) is 4.85. The van der Waals surface area contributed by atoms with E-state index in [1.54, 1.807) is 14.0 Å². The Bertz CT molecular complexity index is 734. The van der Waals surface area contributed by atoms with Gasteiger partial charge < -0.3 is 14.6 Å². The zero-order chi connectivity index (χ0) is 20.0. The first-order valence-corrected chi connectivity index (χ1v) is 9.55. The van der Waals surface area contributed by atoms with Crippen LogP contribution in [-0.4, -0.2) is 42.7 Å². The van der Waals surface area contributed by atoms with Crippen molar-refractivity contribution in [1.29, 1.82) is 0 Å². The minimum Gasteiger partial charge on any atom is -0.497 e. The number of ether oxygens (including phenoxy) is 1. The summed E-state index contributed by atoms with van der Waals surface area (Å²) in [4.78, 5) is 15.2. The molecule has 2 rings (SSSR count). The van der Waals surface area contributed by atoms with Gasteiger partial charge in [-0.1, -0.05) is 45.0 Å². The SMILES string of the molecule is CCN(CC)C(CNC(=O)c1c(C)noc1C(C)C)c1ccc(OC)cc1. The number of amides is 1. The summed E-state index contributed by atoms with van der Waals surface area (Å²) in [5, 5.41) is 7.06. The first kappa shape index (κ1) is 21.0. The van der Waals surface area contributed by atoms with Crippen molar-refractivity contribution < 1.29 is 14.1 Å². The molecule has 0 radical (unpaired) electrons. The summed E-state index contributed by atoms with van der Waals surface area (Å²) >= 11 is 0. The first-order valence-electron chi connectivity index (χ1n) is 9.55. The molecule has 0 spiro atoms. The summed E-state index contributed by atoms with van der Waals surface area (Å²) in [6.07, 6.45) is 0. The fraction of sp³-hybridized carbons (Fsp3) is 0.524. The number of nitrogens with one attached hydrogen (secondary N) is 1. The van der Waals surface area contributed by atoms with Crippen LogP contribution in [0.1, 0.15) is 67.0 Å². The number of carbonyl (C=O) groups is 1. The molecule has 0 aliphatic heterocycles. The second-order valence-corrected chi connectivity index (χ2v) is 6.88. The monoisotopic (exact) mass is 373 g/mol. The van der Waals surface area contributed by atoms with E-state index in [1.165, 1.54) is 0 Å². The van der Waals surface area contributed by atoms with Gasteiger partial charge >= 0.3 is 0 Å². The Labute approximate surface area is 161 Å². The third kappa shape index (κ3) is 4.89. The molecule has 0 bridgehead atoms. The van der Waals surface area contributed by atoms with Gasteiger partial charge in [0.25, 0.3) is 5.91 Å². The quantitative estimate of drug-likeness (QED) is 0.721. The molecule has 1 atom stereocenters. The first-order chi connectivity index (χ1) is 12.9. The van der Waals surface area contributed by atoms with E-state index in [2.05, 4.69) is 41.4 Å². The molecule has 0 saturated heterocycles. The van der Waals surface area contributed by atoms with Crippen molar-refractivity contribution in [3.63, 3.8) is 0 Å². The van der Waals surface area contributed by atoms with E-state index in [0.717, 1.165) is 24.4 Å². The molecule has 1 aromatic heterocycles. The van der Waals surface area contributed by atoms with Crippen LogP contribution in [0.5, 0.6) is 5.75 Å². The van der Waals surface area contributed by atoms with Gasteiger partial charge in [0.15, 0.2) is 5.76 Å². The van der Waals surface area contributed by atoms with Crippen LogP contribution >= 0.6 is 0 Å². The molecule has 6 nitrogen and oxygen atoms in total. The van der Waals surface area contributed by atoms with Crippen molar-refractivity contribution in [2.24, 2.45) is 0 Å². The van der Waals surface area contributed by atoms with Crippen LogP contribution in [-0.2, 0) is 0 Å². The smallest absolute Gasteiger partial charge is 0.256 e. The van der Waals surface area contributed by atoms with Crippen molar-refractivity contribution in [3.8, 4) is 5.75 Å². The van der Waals surface area contributed by atoms with Crippen LogP contribution in [0.25, 0.3) is 0 Å². The molecule has 1 unspecified atom stereocenters. The van der Waals surface area contributed by atoms with E-state index in [4.69, 9.17) is 9.26 Å². The zero-order valence-electron chi connectivity index (χ0n) is 17.2. The average Bonchev–Trinajstić information content (AvgIpc) is 3.07. The molecule has 2 aromatic rings. The number of likely N-dealkylation sites (N-methyl/N-ethyl adjacent to an activating group) is 1. The Kier molecular flexibility index (Phi) is 7.42. The van der Waals surface area contributed by atoms with Gasteiger partial charge in [-0.3, -0.25) is 9.69 Å². The molecular weight excluding hydrogens is 342 g/mol. The summed E-state index contributed by atoms with van der Waals surface area (Å²) in [5.41, 5.74) is 2.32. The maximum Gasteiger partial charge on any atom is 0.256 e. The number of nitrogens with zero attached hydrogens (tertiary/aromatic N) is 2. The second-order valence-electron chi connectivity index (χ2n) is 6.88. The Morgan fingerprint density at radius 3 is 2.37 bits per heavy atom. The van der Waals surface area contributed by atoms with Gasteiger partial charge in [-0.25, -0.2) is 0 Å². The van der Waals surface area contributed by atoms with Gasteiger partial charge in [-0.05, 0) is 37.7 Å². The molecule has 148 valence electrons. The molecule has 0 aliphatic rings.